The first-order valence-electron chi connectivity index (χ1n) is 7.38. The summed E-state index contributed by atoms with van der Waals surface area (Å²) in [5, 5.41) is 0.732. The summed E-state index contributed by atoms with van der Waals surface area (Å²) < 4.78 is 16.5. The van der Waals surface area contributed by atoms with Crippen LogP contribution in [0.15, 0.2) is 12.1 Å². The van der Waals surface area contributed by atoms with Crippen molar-refractivity contribution in [3.05, 3.63) is 28.3 Å². The first kappa shape index (κ1) is 13.4. The van der Waals surface area contributed by atoms with Gasteiger partial charge in [0.25, 0.3) is 0 Å². The third kappa shape index (κ3) is 2.21. The molecular formula is C16H17ClO4. The number of methoxy groups -OCH3 is 1. The van der Waals surface area contributed by atoms with Crippen LogP contribution >= 0.6 is 11.6 Å². The highest BCUT2D eigenvalue weighted by Gasteiger charge is 2.60. The van der Waals surface area contributed by atoms with Crippen molar-refractivity contribution in [3.8, 4) is 5.75 Å². The average Bonchev–Trinajstić information content (AvgIpc) is 2.97. The number of esters is 1. The van der Waals surface area contributed by atoms with Gasteiger partial charge < -0.3 is 14.2 Å². The maximum absolute atomic E-state index is 11.2. The number of epoxide rings is 1. The van der Waals surface area contributed by atoms with Crippen molar-refractivity contribution in [2.24, 2.45) is 0 Å². The van der Waals surface area contributed by atoms with Crippen molar-refractivity contribution in [1.82, 2.24) is 0 Å². The lowest BCUT2D eigenvalue weighted by molar-refractivity contribution is -0.140. The third-order valence-electron chi connectivity index (χ3n) is 4.68. The van der Waals surface area contributed by atoms with Gasteiger partial charge in [-0.25, -0.2) is 0 Å². The maximum atomic E-state index is 11.2. The molecule has 5 heteroatoms. The van der Waals surface area contributed by atoms with Crippen LogP contribution in [0.25, 0.3) is 0 Å². The topological polar surface area (TPSA) is 48.1 Å². The second-order valence-corrected chi connectivity index (χ2v) is 6.41. The minimum atomic E-state index is -0.180. The van der Waals surface area contributed by atoms with Gasteiger partial charge in [0.2, 0.25) is 0 Å². The summed E-state index contributed by atoms with van der Waals surface area (Å²) in [6, 6.07) is 3.96. The van der Waals surface area contributed by atoms with Crippen molar-refractivity contribution in [2.75, 3.05) is 7.11 Å². The number of hydrogen-bond donors (Lipinski definition) is 0. The Kier molecular flexibility index (Phi) is 3.12. The lowest BCUT2D eigenvalue weighted by atomic mass is 9.94. The summed E-state index contributed by atoms with van der Waals surface area (Å²) in [7, 11) is 1.41. The molecule has 2 unspecified atom stereocenters. The van der Waals surface area contributed by atoms with Gasteiger partial charge in [0.1, 0.15) is 11.9 Å². The number of benzene rings is 1. The predicted octanol–water partition coefficient (Wildman–Crippen LogP) is 2.85. The van der Waals surface area contributed by atoms with Crippen LogP contribution in [0.4, 0.5) is 0 Å². The molecular weight excluding hydrogens is 292 g/mol. The number of aryl methyl sites for hydroxylation is 1. The molecule has 0 amide bonds. The Bertz CT molecular complexity index is 600. The number of carbonyl (C=O) groups is 1. The SMILES string of the molecule is COC(=O)CCCc1cc(Cl)cc2c1OC1C[C@H]3O[C@H]3C21. The Morgan fingerprint density at radius 3 is 3.10 bits per heavy atom. The predicted molar refractivity (Wildman–Crippen MR) is 76.8 cm³/mol. The number of halogens is 1. The van der Waals surface area contributed by atoms with Gasteiger partial charge in [-0.2, -0.15) is 0 Å². The van der Waals surface area contributed by atoms with E-state index < -0.39 is 0 Å². The summed E-state index contributed by atoms with van der Waals surface area (Å²) in [5.74, 6) is 1.12. The lowest BCUT2D eigenvalue weighted by Gasteiger charge is -2.11. The zero-order valence-electron chi connectivity index (χ0n) is 11.8. The van der Waals surface area contributed by atoms with Crippen molar-refractivity contribution in [2.45, 2.75) is 49.9 Å². The molecule has 2 aliphatic heterocycles. The number of hydrogen-bond acceptors (Lipinski definition) is 4. The molecule has 2 fully saturated rings. The van der Waals surface area contributed by atoms with Crippen LogP contribution in [0.1, 0.15) is 36.3 Å². The molecule has 0 bridgehead atoms. The molecule has 1 aromatic rings. The molecule has 1 aromatic carbocycles. The number of rotatable bonds is 4. The molecule has 1 saturated carbocycles. The van der Waals surface area contributed by atoms with E-state index in [1.165, 1.54) is 12.7 Å². The van der Waals surface area contributed by atoms with Gasteiger partial charge >= 0.3 is 5.97 Å². The van der Waals surface area contributed by atoms with Crippen LogP contribution < -0.4 is 4.74 Å². The normalized spacial score (nSPS) is 31.1. The van der Waals surface area contributed by atoms with E-state index in [-0.39, 0.29) is 12.1 Å². The zero-order chi connectivity index (χ0) is 14.6. The number of ether oxygens (including phenoxy) is 3. The highest BCUT2D eigenvalue weighted by atomic mass is 35.5. The summed E-state index contributed by atoms with van der Waals surface area (Å²) in [4.78, 5) is 11.2. The first-order valence-corrected chi connectivity index (χ1v) is 7.76. The third-order valence-corrected chi connectivity index (χ3v) is 4.90. The molecule has 0 radical (unpaired) electrons. The Hall–Kier alpha value is -1.26. The Morgan fingerprint density at radius 1 is 1.43 bits per heavy atom. The van der Waals surface area contributed by atoms with Gasteiger partial charge in [0.05, 0.1) is 25.2 Å². The fraction of sp³-hybridized carbons (Fsp3) is 0.562. The van der Waals surface area contributed by atoms with E-state index >= 15 is 0 Å². The van der Waals surface area contributed by atoms with E-state index in [2.05, 4.69) is 4.74 Å². The highest BCUT2D eigenvalue weighted by Crippen LogP contribution is 2.56. The maximum Gasteiger partial charge on any atom is 0.305 e. The summed E-state index contributed by atoms with van der Waals surface area (Å²) in [5.41, 5.74) is 2.28. The van der Waals surface area contributed by atoms with Crippen LogP contribution in [0.2, 0.25) is 5.02 Å². The molecule has 2 heterocycles. The van der Waals surface area contributed by atoms with Gasteiger partial charge in [0, 0.05) is 23.4 Å². The van der Waals surface area contributed by atoms with E-state index in [0.29, 0.717) is 24.5 Å². The molecule has 4 rings (SSSR count). The number of fused-ring (bicyclic) bond motifs is 5. The fourth-order valence-corrected chi connectivity index (χ4v) is 3.92. The quantitative estimate of drug-likeness (QED) is 0.634. The zero-order valence-corrected chi connectivity index (χ0v) is 12.6. The summed E-state index contributed by atoms with van der Waals surface area (Å²) in [6.45, 7) is 0. The molecule has 0 N–H and O–H groups in total. The van der Waals surface area contributed by atoms with Crippen LogP contribution in [-0.4, -0.2) is 31.4 Å². The summed E-state index contributed by atoms with van der Waals surface area (Å²) in [6.07, 6.45) is 3.84. The van der Waals surface area contributed by atoms with Crippen molar-refractivity contribution < 1.29 is 19.0 Å². The Morgan fingerprint density at radius 2 is 2.29 bits per heavy atom. The van der Waals surface area contributed by atoms with Crippen LogP contribution in [-0.2, 0) is 20.7 Å². The van der Waals surface area contributed by atoms with Gasteiger partial charge in [-0.15, -0.1) is 0 Å². The largest absolute Gasteiger partial charge is 0.489 e. The van der Waals surface area contributed by atoms with Crippen LogP contribution in [0, 0.1) is 0 Å². The van der Waals surface area contributed by atoms with Crippen LogP contribution in [0.3, 0.4) is 0 Å². The molecule has 4 nitrogen and oxygen atoms in total. The first-order chi connectivity index (χ1) is 10.2. The fourth-order valence-electron chi connectivity index (χ4n) is 3.67. The molecule has 4 atom stereocenters. The van der Waals surface area contributed by atoms with Crippen LogP contribution in [0.5, 0.6) is 5.75 Å². The van der Waals surface area contributed by atoms with E-state index in [9.17, 15) is 4.79 Å². The molecule has 3 aliphatic rings. The van der Waals surface area contributed by atoms with Gasteiger partial charge in [0.15, 0.2) is 0 Å². The number of carbonyl (C=O) groups excluding carboxylic acids is 1. The second kappa shape index (κ2) is 4.89. The van der Waals surface area contributed by atoms with Gasteiger partial charge in [-0.1, -0.05) is 11.6 Å². The molecule has 112 valence electrons. The second-order valence-electron chi connectivity index (χ2n) is 5.97. The van der Waals surface area contributed by atoms with E-state index in [1.807, 2.05) is 12.1 Å². The smallest absolute Gasteiger partial charge is 0.305 e. The minimum absolute atomic E-state index is 0.180. The van der Waals surface area contributed by atoms with E-state index in [4.69, 9.17) is 21.1 Å². The molecule has 21 heavy (non-hydrogen) atoms. The van der Waals surface area contributed by atoms with Crippen molar-refractivity contribution in [3.63, 3.8) is 0 Å². The van der Waals surface area contributed by atoms with Gasteiger partial charge in [-0.3, -0.25) is 4.79 Å². The minimum Gasteiger partial charge on any atom is -0.489 e. The average molecular weight is 309 g/mol. The van der Waals surface area contributed by atoms with Crippen molar-refractivity contribution >= 4 is 17.6 Å². The standard InChI is InChI=1S/C16H17ClO4/c1-19-13(18)4-2-3-8-5-9(17)6-10-14-11(20-15(8)10)7-12-16(14)21-12/h5-6,11-12,14,16H,2-4,7H2,1H3/t11?,12-,14?,16-/m1/s1. The monoisotopic (exact) mass is 308 g/mol. The van der Waals surface area contributed by atoms with Gasteiger partial charge in [-0.05, 0) is 30.5 Å². The van der Waals surface area contributed by atoms with E-state index in [0.717, 1.165) is 35.6 Å². The Balaban J connectivity index is 1.55. The molecule has 1 aliphatic carbocycles. The Labute approximate surface area is 128 Å². The highest BCUT2D eigenvalue weighted by molar-refractivity contribution is 6.30. The molecule has 0 aromatic heterocycles. The summed E-state index contributed by atoms with van der Waals surface area (Å²) >= 11 is 6.26. The lowest BCUT2D eigenvalue weighted by Crippen LogP contribution is -2.17. The molecule has 0 spiro atoms. The van der Waals surface area contributed by atoms with Crippen molar-refractivity contribution in [1.29, 1.82) is 0 Å². The van der Waals surface area contributed by atoms with E-state index in [1.54, 1.807) is 0 Å². The molecule has 1 saturated heterocycles.